The van der Waals surface area contributed by atoms with Crippen molar-refractivity contribution in [3.05, 3.63) is 47.6 Å². The highest BCUT2D eigenvalue weighted by Crippen LogP contribution is 2.26. The van der Waals surface area contributed by atoms with E-state index < -0.39 is 0 Å². The van der Waals surface area contributed by atoms with E-state index in [0.717, 1.165) is 37.1 Å². The molecule has 1 aliphatic carbocycles. The van der Waals surface area contributed by atoms with E-state index in [1.165, 1.54) is 11.6 Å². The van der Waals surface area contributed by atoms with Gasteiger partial charge in [-0.05, 0) is 43.2 Å². The number of hydrogen-bond acceptors (Lipinski definition) is 2. The molecule has 0 aliphatic heterocycles. The zero-order valence-electron chi connectivity index (χ0n) is 9.49. The Morgan fingerprint density at radius 1 is 1.41 bits per heavy atom. The number of aryl methyl sites for hydroxylation is 1. The molecule has 0 amide bonds. The average molecular weight is 231 g/mol. The molecule has 0 unspecified atom stereocenters. The van der Waals surface area contributed by atoms with Gasteiger partial charge in [0.05, 0.1) is 6.33 Å². The monoisotopic (exact) mass is 231 g/mol. The van der Waals surface area contributed by atoms with E-state index in [1.807, 2.05) is 12.3 Å². The number of pyridine rings is 1. The van der Waals surface area contributed by atoms with Crippen molar-refractivity contribution < 1.29 is 4.39 Å². The lowest BCUT2D eigenvalue weighted by molar-refractivity contribution is 0.437. The molecule has 3 rings (SSSR count). The van der Waals surface area contributed by atoms with Crippen LogP contribution in [0.4, 0.5) is 4.39 Å². The molecule has 2 aromatic heterocycles. The molecule has 0 saturated heterocycles. The van der Waals surface area contributed by atoms with Crippen LogP contribution in [0.25, 0.3) is 0 Å². The van der Waals surface area contributed by atoms with Gasteiger partial charge in [0, 0.05) is 17.6 Å². The van der Waals surface area contributed by atoms with Crippen molar-refractivity contribution >= 4 is 0 Å². The van der Waals surface area contributed by atoms with Crippen molar-refractivity contribution in [2.75, 3.05) is 0 Å². The smallest absolute Gasteiger partial charge is 0.213 e. The number of aromatic nitrogens is 3. The Hall–Kier alpha value is -1.71. The summed E-state index contributed by atoms with van der Waals surface area (Å²) < 4.78 is 13.1. The van der Waals surface area contributed by atoms with Crippen molar-refractivity contribution in [3.63, 3.8) is 0 Å². The Balaban J connectivity index is 1.76. The molecule has 1 aliphatic rings. The fourth-order valence-electron chi connectivity index (χ4n) is 2.52. The molecule has 0 bridgehead atoms. The van der Waals surface area contributed by atoms with E-state index in [2.05, 4.69) is 15.0 Å². The number of aromatic amines is 1. The summed E-state index contributed by atoms with van der Waals surface area (Å²) >= 11 is 0. The predicted molar refractivity (Wildman–Crippen MR) is 62.0 cm³/mol. The second-order valence-corrected chi connectivity index (χ2v) is 4.63. The van der Waals surface area contributed by atoms with E-state index in [0.29, 0.717) is 5.92 Å². The Labute approximate surface area is 99.1 Å². The van der Waals surface area contributed by atoms with Crippen molar-refractivity contribution in [2.45, 2.75) is 25.7 Å². The van der Waals surface area contributed by atoms with Crippen molar-refractivity contribution in [1.29, 1.82) is 0 Å². The Bertz CT molecular complexity index is 507. The van der Waals surface area contributed by atoms with Gasteiger partial charge in [-0.25, -0.2) is 9.97 Å². The van der Waals surface area contributed by atoms with Gasteiger partial charge < -0.3 is 4.98 Å². The highest BCUT2D eigenvalue weighted by molar-refractivity contribution is 5.23. The first-order valence-corrected chi connectivity index (χ1v) is 5.93. The molecule has 17 heavy (non-hydrogen) atoms. The van der Waals surface area contributed by atoms with Crippen LogP contribution in [-0.4, -0.2) is 15.0 Å². The van der Waals surface area contributed by atoms with E-state index in [-0.39, 0.29) is 5.95 Å². The Morgan fingerprint density at radius 3 is 3.18 bits per heavy atom. The molecular weight excluding hydrogens is 217 g/mol. The number of rotatable bonds is 2. The maximum atomic E-state index is 13.1. The summed E-state index contributed by atoms with van der Waals surface area (Å²) in [6, 6.07) is 3.32. The molecule has 1 atom stereocenters. The van der Waals surface area contributed by atoms with Crippen LogP contribution in [0.5, 0.6) is 0 Å². The van der Waals surface area contributed by atoms with Gasteiger partial charge in [0.15, 0.2) is 0 Å². The highest BCUT2D eigenvalue weighted by atomic mass is 19.1. The van der Waals surface area contributed by atoms with E-state index in [9.17, 15) is 4.39 Å². The minimum absolute atomic E-state index is 0.369. The van der Waals surface area contributed by atoms with Gasteiger partial charge in [0.2, 0.25) is 5.95 Å². The third-order valence-electron chi connectivity index (χ3n) is 3.40. The number of halogens is 1. The largest absolute Gasteiger partial charge is 0.348 e. The molecule has 2 heterocycles. The quantitative estimate of drug-likeness (QED) is 0.806. The van der Waals surface area contributed by atoms with E-state index in [1.54, 1.807) is 6.33 Å². The summed E-state index contributed by atoms with van der Waals surface area (Å²) in [6.45, 7) is 0. The molecule has 4 heteroatoms. The summed E-state index contributed by atoms with van der Waals surface area (Å²) in [5.41, 5.74) is 3.28. The molecule has 0 radical (unpaired) electrons. The summed E-state index contributed by atoms with van der Waals surface area (Å²) in [5.74, 6) is 0.170. The lowest BCUT2D eigenvalue weighted by atomic mass is 9.84. The molecule has 88 valence electrons. The molecular formula is C13H14FN3. The van der Waals surface area contributed by atoms with E-state index >= 15 is 0 Å². The minimum Gasteiger partial charge on any atom is -0.348 e. The second kappa shape index (κ2) is 4.28. The first-order valence-electron chi connectivity index (χ1n) is 5.93. The van der Waals surface area contributed by atoms with Crippen LogP contribution in [0.1, 0.15) is 23.4 Å². The summed E-state index contributed by atoms with van der Waals surface area (Å²) in [7, 11) is 0. The van der Waals surface area contributed by atoms with Gasteiger partial charge in [-0.3, -0.25) is 0 Å². The number of hydrogen-bond donors (Lipinski definition) is 1. The third kappa shape index (κ3) is 2.20. The first-order chi connectivity index (χ1) is 8.31. The van der Waals surface area contributed by atoms with Crippen LogP contribution >= 0.6 is 0 Å². The van der Waals surface area contributed by atoms with Crippen LogP contribution in [0.2, 0.25) is 0 Å². The SMILES string of the molecule is Fc1ccc2c(n1)C[C@@H](Cc1cnc[nH]1)CC2. The molecule has 0 aromatic carbocycles. The number of nitrogens with one attached hydrogen (secondary N) is 1. The zero-order chi connectivity index (χ0) is 11.7. The third-order valence-corrected chi connectivity index (χ3v) is 3.40. The normalized spacial score (nSPS) is 19.0. The molecule has 0 spiro atoms. The van der Waals surface area contributed by atoms with Crippen LogP contribution in [0.15, 0.2) is 24.7 Å². The fourth-order valence-corrected chi connectivity index (χ4v) is 2.52. The second-order valence-electron chi connectivity index (χ2n) is 4.63. The summed E-state index contributed by atoms with van der Waals surface area (Å²) in [4.78, 5) is 11.1. The zero-order valence-corrected chi connectivity index (χ0v) is 9.49. The lowest BCUT2D eigenvalue weighted by Gasteiger charge is -2.23. The molecule has 1 N–H and O–H groups in total. The van der Waals surface area contributed by atoms with Crippen LogP contribution in [0.3, 0.4) is 0 Å². The van der Waals surface area contributed by atoms with Crippen molar-refractivity contribution in [2.24, 2.45) is 5.92 Å². The van der Waals surface area contributed by atoms with Crippen molar-refractivity contribution in [3.8, 4) is 0 Å². The van der Waals surface area contributed by atoms with Crippen LogP contribution in [-0.2, 0) is 19.3 Å². The standard InChI is InChI=1S/C13H14FN3/c14-13-4-3-10-2-1-9(6-12(10)17-13)5-11-7-15-8-16-11/h3-4,7-9H,1-2,5-6H2,(H,15,16)/t9-/m1/s1. The summed E-state index contributed by atoms with van der Waals surface area (Å²) in [5, 5.41) is 0. The number of H-pyrrole nitrogens is 1. The highest BCUT2D eigenvalue weighted by Gasteiger charge is 2.20. The average Bonchev–Trinajstić information content (AvgIpc) is 2.81. The molecule has 3 nitrogen and oxygen atoms in total. The fraction of sp³-hybridized carbons (Fsp3) is 0.385. The minimum atomic E-state index is -0.369. The maximum absolute atomic E-state index is 13.1. The molecule has 0 fully saturated rings. The Morgan fingerprint density at radius 2 is 2.35 bits per heavy atom. The van der Waals surface area contributed by atoms with Gasteiger partial charge in [0.1, 0.15) is 0 Å². The number of fused-ring (bicyclic) bond motifs is 1. The van der Waals surface area contributed by atoms with Crippen LogP contribution < -0.4 is 0 Å². The van der Waals surface area contributed by atoms with Gasteiger partial charge in [-0.1, -0.05) is 6.07 Å². The van der Waals surface area contributed by atoms with Crippen LogP contribution in [0, 0.1) is 11.9 Å². The maximum Gasteiger partial charge on any atom is 0.213 e. The number of nitrogens with zero attached hydrogens (tertiary/aromatic N) is 2. The first kappa shape index (κ1) is 10.4. The van der Waals surface area contributed by atoms with Crippen molar-refractivity contribution in [1.82, 2.24) is 15.0 Å². The lowest BCUT2D eigenvalue weighted by Crippen LogP contribution is -2.18. The summed E-state index contributed by atoms with van der Waals surface area (Å²) in [6.07, 6.45) is 7.53. The molecule has 0 saturated carbocycles. The molecule has 2 aromatic rings. The topological polar surface area (TPSA) is 41.6 Å². The van der Waals surface area contributed by atoms with E-state index in [4.69, 9.17) is 0 Å². The van der Waals surface area contributed by atoms with Gasteiger partial charge in [0.25, 0.3) is 0 Å². The van der Waals surface area contributed by atoms with Gasteiger partial charge in [-0.15, -0.1) is 0 Å². The van der Waals surface area contributed by atoms with Gasteiger partial charge >= 0.3 is 0 Å². The van der Waals surface area contributed by atoms with Gasteiger partial charge in [-0.2, -0.15) is 4.39 Å². The number of imidazole rings is 1. The predicted octanol–water partition coefficient (Wildman–Crippen LogP) is 2.29. The Kier molecular flexibility index (Phi) is 2.63.